The minimum atomic E-state index is -4.78. The van der Waals surface area contributed by atoms with Gasteiger partial charge in [0, 0.05) is 36.8 Å². The molecular weight excluding hydrogens is 601 g/mol. The van der Waals surface area contributed by atoms with Crippen LogP contribution in [0, 0.1) is 6.92 Å². The molecule has 1 amide bonds. The Bertz CT molecular complexity index is 1810. The molecule has 0 spiro atoms. The number of benzene rings is 2. The zero-order valence-corrected chi connectivity index (χ0v) is 24.9. The zero-order chi connectivity index (χ0) is 32.0. The van der Waals surface area contributed by atoms with Gasteiger partial charge in [-0.25, -0.2) is 23.1 Å². The van der Waals surface area contributed by atoms with E-state index < -0.39 is 39.9 Å². The van der Waals surface area contributed by atoms with Crippen molar-refractivity contribution in [2.75, 3.05) is 33.4 Å². The minimum absolute atomic E-state index is 0.0624. The van der Waals surface area contributed by atoms with Gasteiger partial charge in [0.2, 0.25) is 10.0 Å². The van der Waals surface area contributed by atoms with Gasteiger partial charge < -0.3 is 14.7 Å². The van der Waals surface area contributed by atoms with Crippen LogP contribution in [0.3, 0.4) is 0 Å². The lowest BCUT2D eigenvalue weighted by atomic mass is 10.0. The Hall–Kier alpha value is -4.05. The standard InChI is InChI=1S/C29H31F3N6O5S/c1-17-15-36(24(16-39)20-5-4-6-22(13-20)44(33,41)42)11-12-37(17)28(40)23-14-34-38-26(29(30,31)32)18(2)25(35-27(23)38)19-7-9-21(43-3)10-8-19/h4-10,13-14,17,24,39H,11-12,15-16H2,1-3H3,(H2,33,41,42)/t17-,24?/m1/s1. The number of hydrogen-bond acceptors (Lipinski definition) is 8. The van der Waals surface area contributed by atoms with Crippen LogP contribution in [0.25, 0.3) is 16.9 Å². The molecule has 0 radical (unpaired) electrons. The molecule has 5 rings (SSSR count). The molecule has 1 aliphatic heterocycles. The van der Waals surface area contributed by atoms with Crippen molar-refractivity contribution in [3.63, 3.8) is 0 Å². The molecule has 1 saturated heterocycles. The van der Waals surface area contributed by atoms with E-state index in [4.69, 9.17) is 9.88 Å². The number of hydrogen-bond donors (Lipinski definition) is 2. The molecule has 2 atom stereocenters. The Morgan fingerprint density at radius 1 is 1.18 bits per heavy atom. The highest BCUT2D eigenvalue weighted by molar-refractivity contribution is 7.89. The number of sulfonamides is 1. The van der Waals surface area contributed by atoms with Gasteiger partial charge in [-0.05, 0) is 55.8 Å². The molecule has 0 aliphatic carbocycles. The number of carbonyl (C=O) groups excluding carboxylic acids is 1. The number of fused-ring (bicyclic) bond motifs is 1. The van der Waals surface area contributed by atoms with Crippen molar-refractivity contribution in [2.45, 2.75) is 37.0 Å². The maximum atomic E-state index is 14.3. The highest BCUT2D eigenvalue weighted by Gasteiger charge is 2.40. The molecule has 0 saturated carbocycles. The number of rotatable bonds is 7. The summed E-state index contributed by atoms with van der Waals surface area (Å²) >= 11 is 0. The quantitative estimate of drug-likeness (QED) is 0.316. The molecule has 0 bridgehead atoms. The first-order valence-corrected chi connectivity index (χ1v) is 15.2. The zero-order valence-electron chi connectivity index (χ0n) is 24.1. The number of aliphatic hydroxyl groups is 1. The van der Waals surface area contributed by atoms with Crippen LogP contribution < -0.4 is 9.88 Å². The summed E-state index contributed by atoms with van der Waals surface area (Å²) in [7, 11) is -2.47. The van der Waals surface area contributed by atoms with E-state index in [1.165, 1.54) is 37.1 Å². The van der Waals surface area contributed by atoms with Crippen LogP contribution in [0.4, 0.5) is 13.2 Å². The first-order valence-electron chi connectivity index (χ1n) is 13.6. The van der Waals surface area contributed by atoms with Gasteiger partial charge in [0.1, 0.15) is 11.3 Å². The number of alkyl halides is 3. The van der Waals surface area contributed by atoms with Crippen molar-refractivity contribution in [3.8, 4) is 17.0 Å². The van der Waals surface area contributed by atoms with E-state index in [1.54, 1.807) is 37.3 Å². The van der Waals surface area contributed by atoms with Crippen molar-refractivity contribution < 1.29 is 36.2 Å². The topological polar surface area (TPSA) is 143 Å². The SMILES string of the molecule is COc1ccc(-c2nc3c(C(=O)N4CCN(C(CO)c5cccc(S(N)(=O)=O)c5)C[C@H]4C)cnn3c(C(F)(F)F)c2C)cc1. The Kier molecular flexibility index (Phi) is 8.41. The average molecular weight is 633 g/mol. The van der Waals surface area contributed by atoms with Gasteiger partial charge in [0.15, 0.2) is 11.3 Å². The molecule has 3 heterocycles. The fourth-order valence-corrected chi connectivity index (χ4v) is 6.21. The number of piperazine rings is 1. The van der Waals surface area contributed by atoms with Gasteiger partial charge in [0.05, 0.1) is 36.5 Å². The van der Waals surface area contributed by atoms with Gasteiger partial charge in [0.25, 0.3) is 5.91 Å². The highest BCUT2D eigenvalue weighted by atomic mass is 32.2. The van der Waals surface area contributed by atoms with E-state index in [0.717, 1.165) is 6.20 Å². The smallest absolute Gasteiger partial charge is 0.433 e. The summed E-state index contributed by atoms with van der Waals surface area (Å²) in [5.74, 6) is -0.00786. The maximum Gasteiger partial charge on any atom is 0.433 e. The fourth-order valence-electron chi connectivity index (χ4n) is 5.64. The molecule has 1 unspecified atom stereocenters. The molecule has 1 aliphatic rings. The third-order valence-electron chi connectivity index (χ3n) is 7.85. The predicted molar refractivity (Wildman–Crippen MR) is 154 cm³/mol. The molecule has 11 nitrogen and oxygen atoms in total. The number of nitrogens with zero attached hydrogens (tertiary/aromatic N) is 5. The maximum absolute atomic E-state index is 14.3. The van der Waals surface area contributed by atoms with Crippen molar-refractivity contribution in [2.24, 2.45) is 5.14 Å². The second kappa shape index (κ2) is 11.8. The van der Waals surface area contributed by atoms with E-state index in [2.05, 4.69) is 10.1 Å². The van der Waals surface area contributed by atoms with Crippen molar-refractivity contribution in [3.05, 3.63) is 77.1 Å². The Morgan fingerprint density at radius 2 is 1.89 bits per heavy atom. The molecule has 15 heteroatoms. The minimum Gasteiger partial charge on any atom is -0.497 e. The number of amides is 1. The second-order valence-corrected chi connectivity index (χ2v) is 12.2. The van der Waals surface area contributed by atoms with Gasteiger partial charge in [-0.1, -0.05) is 12.1 Å². The van der Waals surface area contributed by atoms with Crippen LogP contribution >= 0.6 is 0 Å². The third kappa shape index (κ3) is 5.87. The van der Waals surface area contributed by atoms with E-state index >= 15 is 0 Å². The summed E-state index contributed by atoms with van der Waals surface area (Å²) < 4.78 is 72.5. The molecular formula is C29H31F3N6O5S. The molecule has 44 heavy (non-hydrogen) atoms. The van der Waals surface area contributed by atoms with Crippen LogP contribution in [0.5, 0.6) is 5.75 Å². The molecule has 4 aromatic rings. The second-order valence-electron chi connectivity index (χ2n) is 10.6. The van der Waals surface area contributed by atoms with Gasteiger partial charge in [-0.2, -0.15) is 18.3 Å². The normalized spacial score (nSPS) is 17.2. The lowest BCUT2D eigenvalue weighted by Crippen LogP contribution is -2.55. The number of halogens is 3. The van der Waals surface area contributed by atoms with Crippen molar-refractivity contribution >= 4 is 21.6 Å². The van der Waals surface area contributed by atoms with Crippen LogP contribution in [0.1, 0.15) is 40.1 Å². The molecule has 3 N–H and O–H groups in total. The Morgan fingerprint density at radius 3 is 2.48 bits per heavy atom. The number of aromatic nitrogens is 3. The number of carbonyl (C=O) groups is 1. The number of methoxy groups -OCH3 is 1. The summed E-state index contributed by atoms with van der Waals surface area (Å²) in [5, 5.41) is 19.4. The average Bonchev–Trinajstić information content (AvgIpc) is 3.39. The van der Waals surface area contributed by atoms with E-state index in [0.29, 0.717) is 34.5 Å². The van der Waals surface area contributed by atoms with Crippen molar-refractivity contribution in [1.82, 2.24) is 24.4 Å². The van der Waals surface area contributed by atoms with E-state index in [-0.39, 0.29) is 40.5 Å². The number of primary sulfonamides is 1. The van der Waals surface area contributed by atoms with Gasteiger partial charge >= 0.3 is 6.18 Å². The Balaban J connectivity index is 1.47. The first kappa shape index (κ1) is 31.4. The van der Waals surface area contributed by atoms with Crippen LogP contribution in [0.2, 0.25) is 0 Å². The van der Waals surface area contributed by atoms with Crippen LogP contribution in [-0.2, 0) is 16.2 Å². The fraction of sp³-hybridized carbons (Fsp3) is 0.345. The monoisotopic (exact) mass is 632 g/mol. The number of aliphatic hydroxyl groups excluding tert-OH is 1. The van der Waals surface area contributed by atoms with E-state index in [1.807, 2.05) is 4.90 Å². The molecule has 2 aromatic carbocycles. The Labute approximate surface area is 251 Å². The highest BCUT2D eigenvalue weighted by Crippen LogP contribution is 2.37. The molecule has 234 valence electrons. The summed E-state index contributed by atoms with van der Waals surface area (Å²) in [6.45, 7) is 3.57. The molecule has 1 fully saturated rings. The lowest BCUT2D eigenvalue weighted by molar-refractivity contribution is -0.143. The summed E-state index contributed by atoms with van der Waals surface area (Å²) in [6, 6.07) is 11.4. The van der Waals surface area contributed by atoms with Crippen molar-refractivity contribution in [1.29, 1.82) is 0 Å². The van der Waals surface area contributed by atoms with Crippen LogP contribution in [-0.4, -0.2) is 83.2 Å². The predicted octanol–water partition coefficient (Wildman–Crippen LogP) is 3.26. The molecule has 2 aromatic heterocycles. The number of ether oxygens (including phenoxy) is 1. The largest absolute Gasteiger partial charge is 0.497 e. The summed E-state index contributed by atoms with van der Waals surface area (Å²) in [4.78, 5) is 21.7. The summed E-state index contributed by atoms with van der Waals surface area (Å²) in [5.41, 5.74) is -0.448. The van der Waals surface area contributed by atoms with Crippen LogP contribution in [0.15, 0.2) is 59.6 Å². The number of nitrogens with two attached hydrogens (primary N) is 1. The summed E-state index contributed by atoms with van der Waals surface area (Å²) in [6.07, 6.45) is -3.68. The lowest BCUT2D eigenvalue weighted by Gasteiger charge is -2.43. The van der Waals surface area contributed by atoms with Gasteiger partial charge in [-0.3, -0.25) is 9.69 Å². The van der Waals surface area contributed by atoms with Gasteiger partial charge in [-0.15, -0.1) is 0 Å². The third-order valence-corrected chi connectivity index (χ3v) is 8.76. The first-order chi connectivity index (χ1) is 20.7. The van der Waals surface area contributed by atoms with E-state index in [9.17, 15) is 31.5 Å².